The summed E-state index contributed by atoms with van der Waals surface area (Å²) in [5.74, 6) is -3.38. The van der Waals surface area contributed by atoms with E-state index in [0.29, 0.717) is 22.0 Å². The number of fused-ring (bicyclic) bond motifs is 1. The van der Waals surface area contributed by atoms with E-state index >= 15 is 0 Å². The summed E-state index contributed by atoms with van der Waals surface area (Å²) in [7, 11) is 0. The lowest BCUT2D eigenvalue weighted by atomic mass is 10.1. The monoisotopic (exact) mass is 356 g/mol. The lowest BCUT2D eigenvalue weighted by molar-refractivity contribution is -0.132. The number of carboxylic acids is 1. The summed E-state index contributed by atoms with van der Waals surface area (Å²) in [5.41, 5.74) is 0.684. The van der Waals surface area contributed by atoms with E-state index in [1.54, 1.807) is 10.6 Å². The molecule has 130 valence electrons. The molecule has 0 spiro atoms. The van der Waals surface area contributed by atoms with Gasteiger partial charge in [-0.25, -0.2) is 18.0 Å². The molecule has 0 saturated heterocycles. The van der Waals surface area contributed by atoms with Crippen molar-refractivity contribution in [2.45, 2.75) is 6.54 Å². The number of nitrogens with zero attached hydrogens (tertiary/aromatic N) is 2. The summed E-state index contributed by atoms with van der Waals surface area (Å²) in [6.45, 7) is 0.0829. The first-order valence-corrected chi connectivity index (χ1v) is 7.46. The number of nitriles is 1. The van der Waals surface area contributed by atoms with Crippen molar-refractivity contribution >= 4 is 22.9 Å². The highest BCUT2D eigenvalue weighted by atomic mass is 19.1. The molecule has 1 heterocycles. The van der Waals surface area contributed by atoms with Crippen molar-refractivity contribution in [3.8, 4) is 6.07 Å². The quantitative estimate of drug-likeness (QED) is 0.565. The lowest BCUT2D eigenvalue weighted by Gasteiger charge is -2.06. The van der Waals surface area contributed by atoms with Gasteiger partial charge in [0.1, 0.15) is 29.1 Å². The maximum Gasteiger partial charge on any atom is 0.346 e. The number of benzene rings is 2. The van der Waals surface area contributed by atoms with Gasteiger partial charge >= 0.3 is 5.97 Å². The molecular weight excluding hydrogens is 345 g/mol. The molecule has 0 fully saturated rings. The minimum absolute atomic E-state index is 0.0829. The van der Waals surface area contributed by atoms with Gasteiger partial charge in [-0.1, -0.05) is 0 Å². The predicted molar refractivity (Wildman–Crippen MR) is 88.6 cm³/mol. The van der Waals surface area contributed by atoms with Crippen molar-refractivity contribution in [1.82, 2.24) is 4.57 Å². The van der Waals surface area contributed by atoms with Crippen molar-refractivity contribution in [2.24, 2.45) is 0 Å². The van der Waals surface area contributed by atoms with Crippen molar-refractivity contribution in [2.75, 3.05) is 0 Å². The zero-order valence-electron chi connectivity index (χ0n) is 13.2. The number of halogens is 3. The van der Waals surface area contributed by atoms with Gasteiger partial charge in [-0.3, -0.25) is 0 Å². The van der Waals surface area contributed by atoms with Crippen LogP contribution in [0.1, 0.15) is 11.1 Å². The minimum atomic E-state index is -1.41. The second kappa shape index (κ2) is 6.76. The van der Waals surface area contributed by atoms with E-state index in [1.165, 1.54) is 36.5 Å². The van der Waals surface area contributed by atoms with Crippen molar-refractivity contribution in [3.05, 3.63) is 76.7 Å². The van der Waals surface area contributed by atoms with Gasteiger partial charge in [-0.05, 0) is 42.0 Å². The lowest BCUT2D eigenvalue weighted by Crippen LogP contribution is -1.99. The molecular formula is C19H11F3N2O2. The van der Waals surface area contributed by atoms with Crippen LogP contribution in [0.15, 0.2) is 48.2 Å². The second-order valence-corrected chi connectivity index (χ2v) is 5.63. The Bertz CT molecular complexity index is 1070. The SMILES string of the molecule is N#C/C(=C\c1cn(Cc2cc(F)cc(F)c2)c2ccc(F)cc12)C(=O)O. The molecule has 4 nitrogen and oxygen atoms in total. The number of aliphatic carboxylic acids is 1. The van der Waals surface area contributed by atoms with Crippen LogP contribution in [0.4, 0.5) is 13.2 Å². The molecule has 3 rings (SSSR count). The zero-order chi connectivity index (χ0) is 18.8. The Balaban J connectivity index is 2.15. The fourth-order valence-electron chi connectivity index (χ4n) is 2.74. The first kappa shape index (κ1) is 17.3. The van der Waals surface area contributed by atoms with E-state index in [9.17, 15) is 18.0 Å². The van der Waals surface area contributed by atoms with Gasteiger partial charge in [0.2, 0.25) is 0 Å². The maximum atomic E-state index is 13.6. The van der Waals surface area contributed by atoms with Crippen LogP contribution < -0.4 is 0 Å². The molecule has 0 aliphatic rings. The van der Waals surface area contributed by atoms with Gasteiger partial charge in [-0.15, -0.1) is 0 Å². The minimum Gasteiger partial charge on any atom is -0.477 e. The summed E-state index contributed by atoms with van der Waals surface area (Å²) in [6.07, 6.45) is 2.64. The van der Waals surface area contributed by atoms with Crippen LogP contribution in [-0.2, 0) is 11.3 Å². The Hall–Kier alpha value is -3.53. The van der Waals surface area contributed by atoms with E-state index in [0.717, 1.165) is 12.1 Å². The third-order valence-corrected chi connectivity index (χ3v) is 3.80. The molecule has 2 aromatic carbocycles. The fourth-order valence-corrected chi connectivity index (χ4v) is 2.74. The van der Waals surface area contributed by atoms with Gasteiger partial charge in [-0.2, -0.15) is 5.26 Å². The van der Waals surface area contributed by atoms with Crippen LogP contribution in [-0.4, -0.2) is 15.6 Å². The average Bonchev–Trinajstić information content (AvgIpc) is 2.88. The Morgan fingerprint density at radius 1 is 1.12 bits per heavy atom. The van der Waals surface area contributed by atoms with Crippen molar-refractivity contribution in [1.29, 1.82) is 5.26 Å². The first-order chi connectivity index (χ1) is 12.4. The molecule has 0 aliphatic carbocycles. The molecule has 3 aromatic rings. The van der Waals surface area contributed by atoms with E-state index in [2.05, 4.69) is 0 Å². The molecule has 7 heteroatoms. The average molecular weight is 356 g/mol. The predicted octanol–water partition coefficient (Wildman–Crippen LogP) is 4.10. The van der Waals surface area contributed by atoms with Crippen LogP contribution in [0.2, 0.25) is 0 Å². The van der Waals surface area contributed by atoms with Gasteiger partial charge < -0.3 is 9.67 Å². The molecule has 0 saturated carbocycles. The largest absolute Gasteiger partial charge is 0.477 e. The van der Waals surface area contributed by atoms with E-state index in [1.807, 2.05) is 0 Å². The van der Waals surface area contributed by atoms with Gasteiger partial charge in [0.25, 0.3) is 0 Å². The molecule has 0 atom stereocenters. The van der Waals surface area contributed by atoms with Gasteiger partial charge in [0, 0.05) is 35.3 Å². The Morgan fingerprint density at radius 2 is 1.81 bits per heavy atom. The topological polar surface area (TPSA) is 66.0 Å². The Morgan fingerprint density at radius 3 is 2.42 bits per heavy atom. The van der Waals surface area contributed by atoms with Gasteiger partial charge in [0.05, 0.1) is 0 Å². The summed E-state index contributed by atoms with van der Waals surface area (Å²) < 4.78 is 42.0. The van der Waals surface area contributed by atoms with Crippen LogP contribution in [0, 0.1) is 28.8 Å². The smallest absolute Gasteiger partial charge is 0.346 e. The standard InChI is InChI=1S/C19H11F3N2O2/c20-14-1-2-18-17(7-14)13(5-12(8-23)19(25)26)10-24(18)9-11-3-15(21)6-16(22)4-11/h1-7,10H,9H2,(H,25,26)/b12-5+. The fraction of sp³-hybridized carbons (Fsp3) is 0.0526. The van der Waals surface area contributed by atoms with Crippen LogP contribution in [0.25, 0.3) is 17.0 Å². The molecule has 0 aliphatic heterocycles. The maximum absolute atomic E-state index is 13.6. The molecule has 1 N–H and O–H groups in total. The molecule has 0 unspecified atom stereocenters. The van der Waals surface area contributed by atoms with Crippen molar-refractivity contribution in [3.63, 3.8) is 0 Å². The highest BCUT2D eigenvalue weighted by Gasteiger charge is 2.13. The Kier molecular flexibility index (Phi) is 4.50. The van der Waals surface area contributed by atoms with E-state index in [4.69, 9.17) is 10.4 Å². The molecule has 0 bridgehead atoms. The second-order valence-electron chi connectivity index (χ2n) is 5.63. The summed E-state index contributed by atoms with van der Waals surface area (Å²) >= 11 is 0. The highest BCUT2D eigenvalue weighted by Crippen LogP contribution is 2.26. The third kappa shape index (κ3) is 3.44. The summed E-state index contributed by atoms with van der Waals surface area (Å²) in [6, 6.07) is 8.57. The Labute approximate surface area is 146 Å². The number of rotatable bonds is 4. The molecule has 0 radical (unpaired) electrons. The zero-order valence-corrected chi connectivity index (χ0v) is 13.2. The van der Waals surface area contributed by atoms with E-state index in [-0.39, 0.29) is 6.54 Å². The normalized spacial score (nSPS) is 11.5. The van der Waals surface area contributed by atoms with Crippen LogP contribution >= 0.6 is 0 Å². The number of hydrogen-bond acceptors (Lipinski definition) is 2. The highest BCUT2D eigenvalue weighted by molar-refractivity contribution is 6.00. The van der Waals surface area contributed by atoms with Crippen molar-refractivity contribution < 1.29 is 23.1 Å². The number of hydrogen-bond donors (Lipinski definition) is 1. The number of carbonyl (C=O) groups is 1. The number of carboxylic acid groups (broad SMARTS) is 1. The van der Waals surface area contributed by atoms with Crippen LogP contribution in [0.3, 0.4) is 0 Å². The summed E-state index contributed by atoms with van der Waals surface area (Å²) in [4.78, 5) is 11.1. The van der Waals surface area contributed by atoms with E-state index < -0.39 is 29.0 Å². The van der Waals surface area contributed by atoms with Gasteiger partial charge in [0.15, 0.2) is 0 Å². The first-order valence-electron chi connectivity index (χ1n) is 7.46. The van der Waals surface area contributed by atoms with Crippen LogP contribution in [0.5, 0.6) is 0 Å². The number of aromatic nitrogens is 1. The molecule has 0 amide bonds. The molecule has 1 aromatic heterocycles. The summed E-state index contributed by atoms with van der Waals surface area (Å²) in [5, 5.41) is 18.3. The molecule has 26 heavy (non-hydrogen) atoms. The third-order valence-electron chi connectivity index (χ3n) is 3.80.